The number of aromatic amines is 1. The fourth-order valence-corrected chi connectivity index (χ4v) is 4.23. The van der Waals surface area contributed by atoms with Gasteiger partial charge in [0.15, 0.2) is 0 Å². The smallest absolute Gasteiger partial charge is 0.127 e. The maximum absolute atomic E-state index is 6.36. The van der Waals surface area contributed by atoms with Crippen LogP contribution in [0.4, 0.5) is 11.5 Å². The van der Waals surface area contributed by atoms with Gasteiger partial charge in [-0.3, -0.25) is 0 Å². The maximum Gasteiger partial charge on any atom is 0.127 e. The molecule has 5 heteroatoms. The molecule has 0 bridgehead atoms. The number of fused-ring (bicyclic) bond motifs is 2. The lowest BCUT2D eigenvalue weighted by Gasteiger charge is -2.16. The summed E-state index contributed by atoms with van der Waals surface area (Å²) in [6, 6.07) is 17.1. The molecule has 0 saturated heterocycles. The summed E-state index contributed by atoms with van der Waals surface area (Å²) < 4.78 is 0. The Hall–Kier alpha value is -3.34. The number of nitrogens with zero attached hydrogens (tertiary/aromatic N) is 2. The molecule has 4 N–H and O–H groups in total. The topological polar surface area (TPSA) is 79.6 Å². The second-order valence-electron chi connectivity index (χ2n) is 7.49. The lowest BCUT2D eigenvalue weighted by molar-refractivity contribution is 0.788. The molecule has 0 saturated carbocycles. The van der Waals surface area contributed by atoms with Crippen LogP contribution in [-0.2, 0) is 13.0 Å². The van der Waals surface area contributed by atoms with Gasteiger partial charge in [0.25, 0.3) is 0 Å². The van der Waals surface area contributed by atoms with E-state index < -0.39 is 0 Å². The second-order valence-corrected chi connectivity index (χ2v) is 7.49. The molecule has 5 rings (SSSR count). The average molecular weight is 369 g/mol. The van der Waals surface area contributed by atoms with Crippen molar-refractivity contribution in [2.45, 2.75) is 32.2 Å². The molecule has 1 aliphatic carbocycles. The molecule has 4 aromatic rings. The van der Waals surface area contributed by atoms with E-state index in [0.717, 1.165) is 46.4 Å². The van der Waals surface area contributed by atoms with Gasteiger partial charge in [-0.25, -0.2) is 9.97 Å². The van der Waals surface area contributed by atoms with Gasteiger partial charge in [0.2, 0.25) is 0 Å². The number of nitrogens with one attached hydrogen (secondary N) is 2. The number of hydrogen-bond donors (Lipinski definition) is 3. The van der Waals surface area contributed by atoms with Crippen molar-refractivity contribution in [3.05, 3.63) is 82.9 Å². The number of H-pyrrole nitrogens is 1. The van der Waals surface area contributed by atoms with Gasteiger partial charge >= 0.3 is 0 Å². The van der Waals surface area contributed by atoms with E-state index >= 15 is 0 Å². The summed E-state index contributed by atoms with van der Waals surface area (Å²) in [7, 11) is 0. The van der Waals surface area contributed by atoms with Crippen molar-refractivity contribution in [1.29, 1.82) is 0 Å². The van der Waals surface area contributed by atoms with Crippen molar-refractivity contribution in [3.8, 4) is 0 Å². The molecule has 28 heavy (non-hydrogen) atoms. The Kier molecular flexibility index (Phi) is 4.01. The van der Waals surface area contributed by atoms with Crippen molar-refractivity contribution >= 4 is 22.4 Å². The van der Waals surface area contributed by atoms with Crippen LogP contribution in [0.3, 0.4) is 0 Å². The predicted molar refractivity (Wildman–Crippen MR) is 113 cm³/mol. The van der Waals surface area contributed by atoms with Crippen LogP contribution >= 0.6 is 0 Å². The lowest BCUT2D eigenvalue weighted by Crippen LogP contribution is -2.05. The molecule has 0 spiro atoms. The minimum atomic E-state index is 0.330. The van der Waals surface area contributed by atoms with E-state index in [2.05, 4.69) is 51.7 Å². The number of imidazole rings is 1. The van der Waals surface area contributed by atoms with E-state index in [-0.39, 0.29) is 0 Å². The van der Waals surface area contributed by atoms with Crippen LogP contribution in [0.1, 0.15) is 40.4 Å². The van der Waals surface area contributed by atoms with Gasteiger partial charge in [-0.1, -0.05) is 24.3 Å². The Balaban J connectivity index is 1.48. The highest BCUT2D eigenvalue weighted by Gasteiger charge is 2.25. The quantitative estimate of drug-likeness (QED) is 0.493. The fourth-order valence-electron chi connectivity index (χ4n) is 4.23. The molecule has 0 unspecified atom stereocenters. The van der Waals surface area contributed by atoms with E-state index in [1.165, 1.54) is 11.1 Å². The zero-order valence-corrected chi connectivity index (χ0v) is 15.9. The molecule has 2 aromatic heterocycles. The van der Waals surface area contributed by atoms with Crippen molar-refractivity contribution < 1.29 is 0 Å². The van der Waals surface area contributed by atoms with Gasteiger partial charge in [-0.05, 0) is 55.2 Å². The fraction of sp³-hybridized carbons (Fsp3) is 0.217. The van der Waals surface area contributed by atoms with Crippen molar-refractivity contribution in [2.75, 3.05) is 11.1 Å². The minimum absolute atomic E-state index is 0.330. The van der Waals surface area contributed by atoms with Crippen LogP contribution in [-0.4, -0.2) is 15.0 Å². The van der Waals surface area contributed by atoms with E-state index in [4.69, 9.17) is 10.7 Å². The van der Waals surface area contributed by atoms with Gasteiger partial charge in [0.05, 0.1) is 24.1 Å². The highest BCUT2D eigenvalue weighted by atomic mass is 14.9. The second kappa shape index (κ2) is 6.68. The standard InChI is InChI=1S/C23H23N5/c1-14-22(27-13-26-14)12-25-17-7-9-21-16(10-17)11-20(23(24)28-21)19-8-6-15-4-2-3-5-18(15)19/h2-5,7,9-11,13,19,25H,6,8,12H2,1H3,(H2,24,28)(H,26,27)/t19-/m1/s1. The first-order chi connectivity index (χ1) is 13.7. The number of nitrogens with two attached hydrogens (primary N) is 1. The molecule has 140 valence electrons. The molecule has 0 amide bonds. The first-order valence-corrected chi connectivity index (χ1v) is 9.70. The van der Waals surface area contributed by atoms with Crippen molar-refractivity contribution in [1.82, 2.24) is 15.0 Å². The Morgan fingerprint density at radius 2 is 2.04 bits per heavy atom. The molecule has 0 aliphatic heterocycles. The number of nitrogen functional groups attached to an aromatic ring is 1. The third-order valence-corrected chi connectivity index (χ3v) is 5.78. The Labute approximate surface area is 164 Å². The van der Waals surface area contributed by atoms with Crippen LogP contribution < -0.4 is 11.1 Å². The summed E-state index contributed by atoms with van der Waals surface area (Å²) in [5, 5.41) is 4.57. The molecule has 0 fully saturated rings. The zero-order valence-electron chi connectivity index (χ0n) is 15.9. The number of aryl methyl sites for hydroxylation is 2. The van der Waals surface area contributed by atoms with Gasteiger partial charge < -0.3 is 16.0 Å². The highest BCUT2D eigenvalue weighted by molar-refractivity contribution is 5.85. The lowest BCUT2D eigenvalue weighted by atomic mass is 9.92. The van der Waals surface area contributed by atoms with E-state index in [1.807, 2.05) is 19.1 Å². The molecule has 2 heterocycles. The monoisotopic (exact) mass is 369 g/mol. The number of rotatable bonds is 4. The SMILES string of the molecule is Cc1[nH]cnc1CNc1ccc2nc(N)c([C@@H]3CCc4ccccc43)cc2c1. The predicted octanol–water partition coefficient (Wildman–Crippen LogP) is 4.54. The van der Waals surface area contributed by atoms with Gasteiger partial charge in [-0.2, -0.15) is 0 Å². The van der Waals surface area contributed by atoms with Crippen LogP contribution in [0, 0.1) is 6.92 Å². The van der Waals surface area contributed by atoms with Gasteiger partial charge in [0.1, 0.15) is 5.82 Å². The van der Waals surface area contributed by atoms with Crippen LogP contribution in [0.25, 0.3) is 10.9 Å². The van der Waals surface area contributed by atoms with Crippen molar-refractivity contribution in [2.24, 2.45) is 0 Å². The summed E-state index contributed by atoms with van der Waals surface area (Å²) in [4.78, 5) is 12.1. The number of anilines is 2. The van der Waals surface area contributed by atoms with Crippen LogP contribution in [0.5, 0.6) is 0 Å². The average Bonchev–Trinajstić information content (AvgIpc) is 3.32. The van der Waals surface area contributed by atoms with Gasteiger partial charge in [0, 0.05) is 28.2 Å². The first kappa shape index (κ1) is 16.8. The van der Waals surface area contributed by atoms with E-state index in [1.54, 1.807) is 6.33 Å². The largest absolute Gasteiger partial charge is 0.383 e. The number of aromatic nitrogens is 3. The third-order valence-electron chi connectivity index (χ3n) is 5.78. The molecule has 5 nitrogen and oxygen atoms in total. The van der Waals surface area contributed by atoms with Crippen molar-refractivity contribution in [3.63, 3.8) is 0 Å². The first-order valence-electron chi connectivity index (χ1n) is 9.70. The molecular formula is C23H23N5. The number of pyridine rings is 1. The highest BCUT2D eigenvalue weighted by Crippen LogP contribution is 2.40. The number of benzene rings is 2. The molecule has 2 aromatic carbocycles. The Bertz CT molecular complexity index is 1160. The zero-order chi connectivity index (χ0) is 19.1. The van der Waals surface area contributed by atoms with E-state index in [9.17, 15) is 0 Å². The molecule has 1 aliphatic rings. The van der Waals surface area contributed by atoms with E-state index in [0.29, 0.717) is 18.3 Å². The van der Waals surface area contributed by atoms with Crippen LogP contribution in [0.15, 0.2) is 54.9 Å². The van der Waals surface area contributed by atoms with Gasteiger partial charge in [-0.15, -0.1) is 0 Å². The molecule has 1 atom stereocenters. The normalized spacial score (nSPS) is 15.7. The van der Waals surface area contributed by atoms with Crippen LogP contribution in [0.2, 0.25) is 0 Å². The summed E-state index contributed by atoms with van der Waals surface area (Å²) in [6.45, 7) is 2.72. The Morgan fingerprint density at radius 3 is 2.89 bits per heavy atom. The maximum atomic E-state index is 6.36. The Morgan fingerprint density at radius 1 is 1.14 bits per heavy atom. The molecular weight excluding hydrogens is 346 g/mol. The minimum Gasteiger partial charge on any atom is -0.383 e. The number of hydrogen-bond acceptors (Lipinski definition) is 4. The summed E-state index contributed by atoms with van der Waals surface area (Å²) in [5.74, 6) is 0.971. The summed E-state index contributed by atoms with van der Waals surface area (Å²) in [5.41, 5.74) is 14.4. The summed E-state index contributed by atoms with van der Waals surface area (Å²) >= 11 is 0. The molecule has 0 radical (unpaired) electrons. The third kappa shape index (κ3) is 2.89. The summed E-state index contributed by atoms with van der Waals surface area (Å²) in [6.07, 6.45) is 3.92.